The summed E-state index contributed by atoms with van der Waals surface area (Å²) in [6, 6.07) is 15.0. The van der Waals surface area contributed by atoms with Crippen LogP contribution in [0.1, 0.15) is 24.5 Å². The normalized spacial score (nSPS) is 14.5. The van der Waals surface area contributed by atoms with Crippen LogP contribution in [0.4, 0.5) is 5.69 Å². The number of hydrogen-bond donors (Lipinski definition) is 1. The summed E-state index contributed by atoms with van der Waals surface area (Å²) in [6.07, 6.45) is 2.43. The van der Waals surface area contributed by atoms with Crippen molar-refractivity contribution < 1.29 is 19.1 Å². The van der Waals surface area contributed by atoms with Gasteiger partial charge in [0.25, 0.3) is 5.91 Å². The van der Waals surface area contributed by atoms with Crippen molar-refractivity contribution in [1.82, 2.24) is 5.32 Å². The minimum atomic E-state index is -0.338. The third kappa shape index (κ3) is 5.45. The monoisotopic (exact) mass is 394 g/mol. The summed E-state index contributed by atoms with van der Waals surface area (Å²) < 4.78 is 11.1. The van der Waals surface area contributed by atoms with Gasteiger partial charge in [-0.25, -0.2) is 0 Å². The van der Waals surface area contributed by atoms with Gasteiger partial charge in [0.2, 0.25) is 5.91 Å². The SMILES string of the molecule is CCOCCCNC(=O)CN1C(=O)/C(=C\c2cccc(C)c2)Oc2ccccc21. The van der Waals surface area contributed by atoms with Crippen molar-refractivity contribution in [3.8, 4) is 5.75 Å². The van der Waals surface area contributed by atoms with Crippen molar-refractivity contribution in [3.05, 3.63) is 65.4 Å². The molecule has 3 rings (SSSR count). The number of hydrogen-bond acceptors (Lipinski definition) is 4. The molecule has 6 nitrogen and oxygen atoms in total. The molecule has 2 amide bonds. The molecule has 0 radical (unpaired) electrons. The van der Waals surface area contributed by atoms with Crippen LogP contribution in [0.3, 0.4) is 0 Å². The molecule has 2 aromatic rings. The quantitative estimate of drug-likeness (QED) is 0.551. The van der Waals surface area contributed by atoms with Gasteiger partial charge in [-0.1, -0.05) is 42.0 Å². The largest absolute Gasteiger partial charge is 0.449 e. The molecule has 1 heterocycles. The van der Waals surface area contributed by atoms with Crippen LogP contribution in [0.2, 0.25) is 0 Å². The number of para-hydroxylation sites is 2. The van der Waals surface area contributed by atoms with E-state index in [4.69, 9.17) is 9.47 Å². The van der Waals surface area contributed by atoms with Crippen LogP contribution < -0.4 is 15.0 Å². The number of carbonyl (C=O) groups excluding carboxylic acids is 2. The molecule has 0 aliphatic carbocycles. The van der Waals surface area contributed by atoms with Crippen molar-refractivity contribution in [2.24, 2.45) is 0 Å². The van der Waals surface area contributed by atoms with Gasteiger partial charge in [0.15, 0.2) is 11.5 Å². The topological polar surface area (TPSA) is 67.9 Å². The van der Waals surface area contributed by atoms with Gasteiger partial charge >= 0.3 is 0 Å². The molecular weight excluding hydrogens is 368 g/mol. The van der Waals surface area contributed by atoms with Crippen LogP contribution in [0.5, 0.6) is 5.75 Å². The number of rotatable bonds is 8. The molecular formula is C23H26N2O4. The van der Waals surface area contributed by atoms with E-state index in [1.807, 2.05) is 50.2 Å². The number of nitrogens with one attached hydrogen (secondary N) is 1. The zero-order chi connectivity index (χ0) is 20.6. The Hall–Kier alpha value is -3.12. The maximum atomic E-state index is 13.1. The Morgan fingerprint density at radius 2 is 2.03 bits per heavy atom. The highest BCUT2D eigenvalue weighted by molar-refractivity contribution is 6.12. The molecule has 1 N–H and O–H groups in total. The summed E-state index contributed by atoms with van der Waals surface area (Å²) in [4.78, 5) is 26.9. The van der Waals surface area contributed by atoms with Gasteiger partial charge in [-0.3, -0.25) is 14.5 Å². The second-order valence-corrected chi connectivity index (χ2v) is 6.78. The predicted molar refractivity (Wildman–Crippen MR) is 113 cm³/mol. The van der Waals surface area contributed by atoms with Gasteiger partial charge < -0.3 is 14.8 Å². The summed E-state index contributed by atoms with van der Waals surface area (Å²) in [5.74, 6) is 0.185. The highest BCUT2D eigenvalue weighted by atomic mass is 16.5. The molecule has 1 aliphatic heterocycles. The van der Waals surface area contributed by atoms with Crippen molar-refractivity contribution in [3.63, 3.8) is 0 Å². The van der Waals surface area contributed by atoms with Crippen LogP contribution in [0, 0.1) is 6.92 Å². The Labute approximate surface area is 171 Å². The maximum Gasteiger partial charge on any atom is 0.294 e. The first kappa shape index (κ1) is 20.6. The van der Waals surface area contributed by atoms with Gasteiger partial charge in [-0.15, -0.1) is 0 Å². The Bertz CT molecular complexity index is 907. The number of ether oxygens (including phenoxy) is 2. The van der Waals surface area contributed by atoms with Crippen LogP contribution in [-0.4, -0.2) is 38.1 Å². The van der Waals surface area contributed by atoms with E-state index < -0.39 is 0 Å². The molecule has 0 atom stereocenters. The molecule has 152 valence electrons. The number of fused-ring (bicyclic) bond motifs is 1. The number of nitrogens with zero attached hydrogens (tertiary/aromatic N) is 1. The second kappa shape index (κ2) is 9.89. The van der Waals surface area contributed by atoms with E-state index in [0.29, 0.717) is 31.2 Å². The van der Waals surface area contributed by atoms with Crippen LogP contribution in [0.15, 0.2) is 54.3 Å². The van der Waals surface area contributed by atoms with Gasteiger partial charge in [-0.05, 0) is 44.0 Å². The molecule has 29 heavy (non-hydrogen) atoms. The summed E-state index contributed by atoms with van der Waals surface area (Å²) in [5.41, 5.74) is 2.54. The lowest BCUT2D eigenvalue weighted by molar-refractivity contribution is -0.123. The van der Waals surface area contributed by atoms with Crippen LogP contribution >= 0.6 is 0 Å². The average molecular weight is 394 g/mol. The van der Waals surface area contributed by atoms with E-state index in [1.54, 1.807) is 18.2 Å². The standard InChI is InChI=1S/C23H26N2O4/c1-3-28-13-7-12-24-22(26)16-25-19-10-4-5-11-20(19)29-21(23(25)27)15-18-9-6-8-17(2)14-18/h4-6,8-11,14-15H,3,7,12-13,16H2,1-2H3,(H,24,26)/b21-15+. The fraction of sp³-hybridized carbons (Fsp3) is 0.304. The molecule has 0 saturated carbocycles. The molecule has 0 fully saturated rings. The number of benzene rings is 2. The first-order chi connectivity index (χ1) is 14.1. The Morgan fingerprint density at radius 1 is 1.21 bits per heavy atom. The lowest BCUT2D eigenvalue weighted by Crippen LogP contribution is -2.44. The van der Waals surface area contributed by atoms with Crippen molar-refractivity contribution in [2.75, 3.05) is 31.2 Å². The maximum absolute atomic E-state index is 13.1. The average Bonchev–Trinajstić information content (AvgIpc) is 2.71. The number of carbonyl (C=O) groups is 2. The second-order valence-electron chi connectivity index (χ2n) is 6.78. The van der Waals surface area contributed by atoms with Gasteiger partial charge in [0.1, 0.15) is 6.54 Å². The van der Waals surface area contributed by atoms with E-state index in [0.717, 1.165) is 17.5 Å². The highest BCUT2D eigenvalue weighted by Crippen LogP contribution is 2.35. The minimum Gasteiger partial charge on any atom is -0.449 e. The predicted octanol–water partition coefficient (Wildman–Crippen LogP) is 3.30. The van der Waals surface area contributed by atoms with E-state index in [-0.39, 0.29) is 24.1 Å². The first-order valence-electron chi connectivity index (χ1n) is 9.80. The van der Waals surface area contributed by atoms with Gasteiger partial charge in [0.05, 0.1) is 5.69 Å². The zero-order valence-corrected chi connectivity index (χ0v) is 16.8. The molecule has 0 bridgehead atoms. The van der Waals surface area contributed by atoms with E-state index in [9.17, 15) is 9.59 Å². The first-order valence-corrected chi connectivity index (χ1v) is 9.80. The summed E-state index contributed by atoms with van der Waals surface area (Å²) >= 11 is 0. The number of amides is 2. The minimum absolute atomic E-state index is 0.0704. The van der Waals surface area contributed by atoms with E-state index in [1.165, 1.54) is 4.90 Å². The molecule has 1 aliphatic rings. The third-order valence-corrected chi connectivity index (χ3v) is 4.47. The fourth-order valence-corrected chi connectivity index (χ4v) is 3.08. The Balaban J connectivity index is 1.76. The summed E-state index contributed by atoms with van der Waals surface area (Å²) in [5, 5.41) is 2.84. The number of anilines is 1. The molecule has 0 unspecified atom stereocenters. The summed E-state index contributed by atoms with van der Waals surface area (Å²) in [6.45, 7) is 5.61. The zero-order valence-electron chi connectivity index (χ0n) is 16.8. The molecule has 0 saturated heterocycles. The van der Waals surface area contributed by atoms with Gasteiger partial charge in [-0.2, -0.15) is 0 Å². The number of aryl methyl sites for hydroxylation is 1. The molecule has 6 heteroatoms. The smallest absolute Gasteiger partial charge is 0.294 e. The van der Waals surface area contributed by atoms with Crippen molar-refractivity contribution in [2.45, 2.75) is 20.3 Å². The summed E-state index contributed by atoms with van der Waals surface area (Å²) in [7, 11) is 0. The van der Waals surface area contributed by atoms with Crippen molar-refractivity contribution >= 4 is 23.6 Å². The lowest BCUT2D eigenvalue weighted by Gasteiger charge is -2.30. The van der Waals surface area contributed by atoms with Crippen LogP contribution in [-0.2, 0) is 14.3 Å². The molecule has 0 aromatic heterocycles. The lowest BCUT2D eigenvalue weighted by atomic mass is 10.1. The van der Waals surface area contributed by atoms with Crippen molar-refractivity contribution in [1.29, 1.82) is 0 Å². The van der Waals surface area contributed by atoms with Gasteiger partial charge in [0, 0.05) is 19.8 Å². The third-order valence-electron chi connectivity index (χ3n) is 4.47. The molecule has 0 spiro atoms. The highest BCUT2D eigenvalue weighted by Gasteiger charge is 2.31. The van der Waals surface area contributed by atoms with Crippen LogP contribution in [0.25, 0.3) is 6.08 Å². The Morgan fingerprint density at radius 3 is 2.83 bits per heavy atom. The Kier molecular flexibility index (Phi) is 7.03. The molecule has 2 aromatic carbocycles. The van der Waals surface area contributed by atoms with E-state index >= 15 is 0 Å². The van der Waals surface area contributed by atoms with E-state index in [2.05, 4.69) is 5.32 Å². The fourth-order valence-electron chi connectivity index (χ4n) is 3.08.